The van der Waals surface area contributed by atoms with E-state index in [4.69, 9.17) is 5.26 Å². The van der Waals surface area contributed by atoms with Gasteiger partial charge < -0.3 is 10.2 Å². The van der Waals surface area contributed by atoms with Crippen LogP contribution in [0.3, 0.4) is 0 Å². The molecule has 2 amide bonds. The number of hydrogen-bond acceptors (Lipinski definition) is 4. The molecule has 2 heterocycles. The minimum absolute atomic E-state index is 0.336. The highest BCUT2D eigenvalue weighted by Gasteiger charge is 2.47. The number of pyridine rings is 1. The summed E-state index contributed by atoms with van der Waals surface area (Å²) >= 11 is 2.13. The number of amides is 2. The summed E-state index contributed by atoms with van der Waals surface area (Å²) in [6.45, 7) is -1.27. The van der Waals surface area contributed by atoms with Crippen molar-refractivity contribution < 1.29 is 18.4 Å². The Morgan fingerprint density at radius 2 is 2.19 bits per heavy atom. The fraction of sp³-hybridized carbons (Fsp3) is 0.294. The van der Waals surface area contributed by atoms with Crippen molar-refractivity contribution in [2.24, 2.45) is 0 Å². The van der Waals surface area contributed by atoms with Crippen LogP contribution in [0.1, 0.15) is 16.8 Å². The molecule has 1 aliphatic heterocycles. The third-order valence-electron chi connectivity index (χ3n) is 4.09. The summed E-state index contributed by atoms with van der Waals surface area (Å²) in [5.41, 5.74) is 0.974. The van der Waals surface area contributed by atoms with Gasteiger partial charge in [0.25, 0.3) is 11.8 Å². The Morgan fingerprint density at radius 3 is 2.92 bits per heavy atom. The highest BCUT2D eigenvalue weighted by atomic mass is 127. The average Bonchev–Trinajstić information content (AvgIpc) is 2.93. The minimum Gasteiger partial charge on any atom is -0.343 e. The van der Waals surface area contributed by atoms with Gasteiger partial charge in [-0.05, 0) is 40.8 Å². The number of hydrogen-bond donors (Lipinski definition) is 1. The summed E-state index contributed by atoms with van der Waals surface area (Å²) in [4.78, 5) is 29.6. The summed E-state index contributed by atoms with van der Waals surface area (Å²) in [6.07, 6.45) is 0.804. The smallest absolute Gasteiger partial charge is 0.268 e. The number of halogens is 3. The van der Waals surface area contributed by atoms with E-state index in [1.807, 2.05) is 12.1 Å². The normalized spacial score (nSPS) is 18.5. The molecule has 26 heavy (non-hydrogen) atoms. The number of nitriles is 1. The van der Waals surface area contributed by atoms with Crippen LogP contribution in [0, 0.1) is 14.9 Å². The number of carbonyl (C=O) groups is 2. The predicted octanol–water partition coefficient (Wildman–Crippen LogP) is 2.33. The Labute approximate surface area is 161 Å². The number of benzene rings is 1. The first kappa shape index (κ1) is 18.4. The molecular weight excluding hydrogens is 457 g/mol. The van der Waals surface area contributed by atoms with E-state index in [9.17, 15) is 18.4 Å². The summed E-state index contributed by atoms with van der Waals surface area (Å²) < 4.78 is 27.8. The van der Waals surface area contributed by atoms with Crippen molar-refractivity contribution in [1.29, 1.82) is 5.26 Å². The molecule has 1 aromatic carbocycles. The van der Waals surface area contributed by atoms with Crippen molar-refractivity contribution in [2.45, 2.75) is 18.4 Å². The van der Waals surface area contributed by atoms with E-state index in [0.29, 0.717) is 16.5 Å². The van der Waals surface area contributed by atoms with Gasteiger partial charge in [-0.3, -0.25) is 14.6 Å². The molecule has 0 saturated carbocycles. The number of rotatable bonds is 3. The van der Waals surface area contributed by atoms with E-state index in [-0.39, 0.29) is 0 Å². The summed E-state index contributed by atoms with van der Waals surface area (Å²) in [5.74, 6) is -4.31. The summed E-state index contributed by atoms with van der Waals surface area (Å²) in [6, 6.07) is 7.45. The van der Waals surface area contributed by atoms with Gasteiger partial charge in [0.1, 0.15) is 6.04 Å². The van der Waals surface area contributed by atoms with E-state index < -0.39 is 43.3 Å². The van der Waals surface area contributed by atoms with Crippen molar-refractivity contribution >= 4 is 45.3 Å². The molecule has 3 rings (SSSR count). The monoisotopic (exact) mass is 470 g/mol. The van der Waals surface area contributed by atoms with Crippen LogP contribution in [0.5, 0.6) is 0 Å². The van der Waals surface area contributed by atoms with E-state index in [1.165, 1.54) is 12.3 Å². The molecule has 1 aromatic heterocycles. The third kappa shape index (κ3) is 3.75. The van der Waals surface area contributed by atoms with E-state index in [2.05, 4.69) is 32.9 Å². The fourth-order valence-corrected chi connectivity index (χ4v) is 3.34. The topological polar surface area (TPSA) is 86.1 Å². The quantitative estimate of drug-likeness (QED) is 0.699. The Hall–Kier alpha value is -2.35. The minimum atomic E-state index is -3.08. The zero-order valence-electron chi connectivity index (χ0n) is 13.4. The van der Waals surface area contributed by atoms with Crippen LogP contribution in [0.25, 0.3) is 10.9 Å². The fourth-order valence-electron chi connectivity index (χ4n) is 2.87. The molecule has 1 aliphatic rings. The van der Waals surface area contributed by atoms with Crippen molar-refractivity contribution in [3.63, 3.8) is 0 Å². The Kier molecular flexibility index (Phi) is 5.04. The SMILES string of the molecule is N#C[C@@H]1CC(F)(F)CN1C(=O)CNC(=O)c1ccnc2cc(I)ccc12. The maximum absolute atomic E-state index is 13.4. The van der Waals surface area contributed by atoms with Crippen LogP contribution < -0.4 is 5.32 Å². The predicted molar refractivity (Wildman–Crippen MR) is 97.5 cm³/mol. The van der Waals surface area contributed by atoms with E-state index in [1.54, 1.807) is 12.1 Å². The van der Waals surface area contributed by atoms with Crippen molar-refractivity contribution in [2.75, 3.05) is 13.1 Å². The second-order valence-electron chi connectivity index (χ2n) is 5.93. The number of carbonyl (C=O) groups excluding carboxylic acids is 2. The van der Waals surface area contributed by atoms with Gasteiger partial charge in [-0.25, -0.2) is 8.78 Å². The third-order valence-corrected chi connectivity index (χ3v) is 4.76. The lowest BCUT2D eigenvalue weighted by molar-refractivity contribution is -0.131. The molecule has 0 aliphatic carbocycles. The van der Waals surface area contributed by atoms with Gasteiger partial charge >= 0.3 is 0 Å². The molecular formula is C17H13F2IN4O2. The number of likely N-dealkylation sites (tertiary alicyclic amines) is 1. The van der Waals surface area contributed by atoms with Gasteiger partial charge in [-0.2, -0.15) is 5.26 Å². The lowest BCUT2D eigenvalue weighted by Gasteiger charge is -2.19. The molecule has 1 N–H and O–H groups in total. The number of fused-ring (bicyclic) bond motifs is 1. The molecule has 1 saturated heterocycles. The number of aromatic nitrogens is 1. The Morgan fingerprint density at radius 1 is 1.42 bits per heavy atom. The number of alkyl halides is 2. The molecule has 0 unspecified atom stereocenters. The molecule has 2 aromatic rings. The average molecular weight is 470 g/mol. The zero-order valence-corrected chi connectivity index (χ0v) is 15.5. The lowest BCUT2D eigenvalue weighted by atomic mass is 10.1. The molecule has 134 valence electrons. The van der Waals surface area contributed by atoms with Gasteiger partial charge in [0.15, 0.2) is 0 Å². The van der Waals surface area contributed by atoms with Crippen LogP contribution in [-0.2, 0) is 4.79 Å². The van der Waals surface area contributed by atoms with Gasteiger partial charge in [-0.1, -0.05) is 6.07 Å². The number of nitrogens with zero attached hydrogens (tertiary/aromatic N) is 3. The van der Waals surface area contributed by atoms with Gasteiger partial charge in [0, 0.05) is 21.6 Å². The second kappa shape index (κ2) is 7.11. The van der Waals surface area contributed by atoms with Crippen LogP contribution >= 0.6 is 22.6 Å². The first-order valence-electron chi connectivity index (χ1n) is 7.70. The molecule has 1 fully saturated rings. The summed E-state index contributed by atoms with van der Waals surface area (Å²) in [7, 11) is 0. The molecule has 6 nitrogen and oxygen atoms in total. The zero-order chi connectivity index (χ0) is 18.9. The van der Waals surface area contributed by atoms with Crippen molar-refractivity contribution in [3.05, 3.63) is 39.6 Å². The first-order chi connectivity index (χ1) is 12.3. The largest absolute Gasteiger partial charge is 0.343 e. The Bertz CT molecular complexity index is 929. The highest BCUT2D eigenvalue weighted by Crippen LogP contribution is 2.31. The van der Waals surface area contributed by atoms with Crippen LogP contribution in [0.15, 0.2) is 30.5 Å². The molecule has 0 bridgehead atoms. The summed E-state index contributed by atoms with van der Waals surface area (Å²) in [5, 5.41) is 12.0. The maximum Gasteiger partial charge on any atom is 0.268 e. The van der Waals surface area contributed by atoms with Crippen LogP contribution in [-0.4, -0.2) is 46.8 Å². The van der Waals surface area contributed by atoms with E-state index in [0.717, 1.165) is 8.47 Å². The molecule has 0 radical (unpaired) electrons. The van der Waals surface area contributed by atoms with E-state index >= 15 is 0 Å². The van der Waals surface area contributed by atoms with Gasteiger partial charge in [0.2, 0.25) is 5.91 Å². The highest BCUT2D eigenvalue weighted by molar-refractivity contribution is 14.1. The first-order valence-corrected chi connectivity index (χ1v) is 8.78. The number of nitrogens with one attached hydrogen (secondary N) is 1. The van der Waals surface area contributed by atoms with Crippen LogP contribution in [0.2, 0.25) is 0 Å². The maximum atomic E-state index is 13.4. The van der Waals surface area contributed by atoms with Crippen LogP contribution in [0.4, 0.5) is 8.78 Å². The molecule has 9 heteroatoms. The molecule has 1 atom stereocenters. The second-order valence-corrected chi connectivity index (χ2v) is 7.17. The van der Waals surface area contributed by atoms with Crippen molar-refractivity contribution in [1.82, 2.24) is 15.2 Å². The lowest BCUT2D eigenvalue weighted by Crippen LogP contribution is -2.43. The standard InChI is InChI=1S/C17H13F2IN4O2/c18-17(19)6-11(7-21)24(9-17)15(25)8-23-16(26)13-3-4-22-14-5-10(20)1-2-12(13)14/h1-5,11H,6,8-9H2,(H,23,26)/t11-/m0/s1. The van der Waals surface area contributed by atoms with Gasteiger partial charge in [0.05, 0.1) is 30.2 Å². The van der Waals surface area contributed by atoms with Crippen molar-refractivity contribution in [3.8, 4) is 6.07 Å². The molecule has 0 spiro atoms. The van der Waals surface area contributed by atoms with Gasteiger partial charge in [-0.15, -0.1) is 0 Å². The Balaban J connectivity index is 1.72.